The number of hydrogen-bond acceptors (Lipinski definition) is 5. The van der Waals surface area contributed by atoms with Gasteiger partial charge in [-0.3, -0.25) is 10.1 Å². The molecule has 0 atom stereocenters. The van der Waals surface area contributed by atoms with Crippen molar-refractivity contribution in [3.8, 4) is 16.9 Å². The molecule has 0 bridgehead atoms. The summed E-state index contributed by atoms with van der Waals surface area (Å²) in [5, 5.41) is 11.5. The molecule has 0 N–H and O–H groups in total. The average molecular weight is 390 g/mol. The van der Waals surface area contributed by atoms with Crippen molar-refractivity contribution in [1.29, 1.82) is 0 Å². The summed E-state index contributed by atoms with van der Waals surface area (Å²) < 4.78 is 24.0. The summed E-state index contributed by atoms with van der Waals surface area (Å²) >= 11 is 0. The fraction of sp³-hybridized carbons (Fsp3) is 0.0455. The van der Waals surface area contributed by atoms with Gasteiger partial charge in [-0.05, 0) is 60.2 Å². The van der Waals surface area contributed by atoms with Crippen LogP contribution >= 0.6 is 0 Å². The Balaban J connectivity index is 1.82. The highest BCUT2D eigenvalue weighted by Crippen LogP contribution is 2.30. The summed E-state index contributed by atoms with van der Waals surface area (Å²) in [4.78, 5) is 14.8. The van der Waals surface area contributed by atoms with Gasteiger partial charge in [0.05, 0.1) is 24.4 Å². The Morgan fingerprint density at radius 3 is 2.55 bits per heavy atom. The lowest BCUT2D eigenvalue weighted by molar-refractivity contribution is -0.402. The number of aromatic nitrogens is 1. The Kier molecular flexibility index (Phi) is 4.78. The monoisotopic (exact) mass is 390 g/mol. The second-order valence-electron chi connectivity index (χ2n) is 6.25. The molecule has 29 heavy (non-hydrogen) atoms. The number of nitro groups is 1. The highest BCUT2D eigenvalue weighted by Gasteiger charge is 2.12. The van der Waals surface area contributed by atoms with Crippen LogP contribution in [0.25, 0.3) is 34.2 Å². The number of nitrogens with zero attached hydrogens (tertiary/aromatic N) is 2. The third kappa shape index (κ3) is 3.84. The third-order valence-corrected chi connectivity index (χ3v) is 4.41. The van der Waals surface area contributed by atoms with Crippen molar-refractivity contribution >= 4 is 28.9 Å². The van der Waals surface area contributed by atoms with Crippen molar-refractivity contribution in [3.05, 3.63) is 88.0 Å². The molecule has 6 nitrogen and oxygen atoms in total. The summed E-state index contributed by atoms with van der Waals surface area (Å²) in [6.45, 7) is 0. The lowest BCUT2D eigenvalue weighted by Crippen LogP contribution is -1.91. The molecule has 0 saturated carbocycles. The first-order chi connectivity index (χ1) is 14.0. The lowest BCUT2D eigenvalue weighted by atomic mass is 10.0. The van der Waals surface area contributed by atoms with Crippen LogP contribution in [0.4, 0.5) is 10.3 Å². The van der Waals surface area contributed by atoms with Crippen molar-refractivity contribution in [2.24, 2.45) is 0 Å². The second-order valence-corrected chi connectivity index (χ2v) is 6.25. The van der Waals surface area contributed by atoms with Crippen molar-refractivity contribution < 1.29 is 18.5 Å². The van der Waals surface area contributed by atoms with E-state index in [2.05, 4.69) is 4.98 Å². The van der Waals surface area contributed by atoms with Crippen LogP contribution in [0.3, 0.4) is 0 Å². The van der Waals surface area contributed by atoms with Gasteiger partial charge in [-0.25, -0.2) is 9.37 Å². The molecule has 0 aliphatic carbocycles. The van der Waals surface area contributed by atoms with E-state index >= 15 is 0 Å². The van der Waals surface area contributed by atoms with E-state index < -0.39 is 4.92 Å². The topological polar surface area (TPSA) is 78.4 Å². The van der Waals surface area contributed by atoms with Crippen LogP contribution < -0.4 is 4.74 Å². The molecule has 0 aliphatic heterocycles. The van der Waals surface area contributed by atoms with Gasteiger partial charge in [0, 0.05) is 10.9 Å². The quantitative estimate of drug-likeness (QED) is 0.322. The summed E-state index contributed by atoms with van der Waals surface area (Å²) in [5.74, 6) is 0.375. The van der Waals surface area contributed by atoms with E-state index in [1.54, 1.807) is 25.3 Å². The van der Waals surface area contributed by atoms with Crippen LogP contribution in [0.5, 0.6) is 5.75 Å². The molecule has 4 rings (SSSR count). The first-order valence-corrected chi connectivity index (χ1v) is 8.70. The number of benzene rings is 2. The standard InChI is InChI=1S/C22H15FN2O4/c1-28-17-5-2-14(3-6-17)19-13-15-12-16(23)4-9-20(15)24-21(19)10-7-18-8-11-22(29-18)25(26)27/h2-13H,1H3/b10-7+. The van der Waals surface area contributed by atoms with Crippen molar-refractivity contribution in [1.82, 2.24) is 4.98 Å². The Hall–Kier alpha value is -4.00. The minimum Gasteiger partial charge on any atom is -0.497 e. The van der Waals surface area contributed by atoms with Crippen LogP contribution in [-0.2, 0) is 0 Å². The molecule has 0 radical (unpaired) electrons. The molecule has 144 valence electrons. The number of rotatable bonds is 5. The Bertz CT molecular complexity index is 1230. The summed E-state index contributed by atoms with van der Waals surface area (Å²) in [5.41, 5.74) is 2.90. The van der Waals surface area contributed by atoms with Gasteiger partial charge in [0.25, 0.3) is 0 Å². The molecule has 0 fully saturated rings. The number of ether oxygens (including phenoxy) is 1. The van der Waals surface area contributed by atoms with E-state index in [1.807, 2.05) is 30.3 Å². The fourth-order valence-electron chi connectivity index (χ4n) is 2.98. The normalized spacial score (nSPS) is 11.2. The molecule has 2 aromatic carbocycles. The zero-order chi connectivity index (χ0) is 20.4. The van der Waals surface area contributed by atoms with Crippen molar-refractivity contribution in [2.75, 3.05) is 7.11 Å². The second kappa shape index (κ2) is 7.55. The molecule has 0 saturated heterocycles. The van der Waals surface area contributed by atoms with E-state index in [0.29, 0.717) is 28.1 Å². The van der Waals surface area contributed by atoms with Gasteiger partial charge in [0.15, 0.2) is 0 Å². The Labute approximate surface area is 165 Å². The van der Waals surface area contributed by atoms with E-state index in [9.17, 15) is 14.5 Å². The van der Waals surface area contributed by atoms with Gasteiger partial charge >= 0.3 is 5.88 Å². The van der Waals surface area contributed by atoms with Gasteiger partial charge < -0.3 is 9.15 Å². The van der Waals surface area contributed by atoms with E-state index in [-0.39, 0.29) is 11.7 Å². The zero-order valence-corrected chi connectivity index (χ0v) is 15.3. The molecular weight excluding hydrogens is 375 g/mol. The number of furan rings is 1. The van der Waals surface area contributed by atoms with E-state index in [4.69, 9.17) is 9.15 Å². The molecule has 0 aliphatic rings. The van der Waals surface area contributed by atoms with Gasteiger partial charge in [-0.15, -0.1) is 0 Å². The Morgan fingerprint density at radius 1 is 1.07 bits per heavy atom. The lowest BCUT2D eigenvalue weighted by Gasteiger charge is -2.09. The highest BCUT2D eigenvalue weighted by atomic mass is 19.1. The van der Waals surface area contributed by atoms with E-state index in [0.717, 1.165) is 11.1 Å². The van der Waals surface area contributed by atoms with Crippen LogP contribution in [-0.4, -0.2) is 17.0 Å². The molecule has 0 unspecified atom stereocenters. The number of pyridine rings is 1. The fourth-order valence-corrected chi connectivity index (χ4v) is 2.98. The maximum atomic E-state index is 13.7. The first kappa shape index (κ1) is 18.4. The van der Waals surface area contributed by atoms with Gasteiger partial charge in [0.2, 0.25) is 0 Å². The molecule has 2 heterocycles. The summed E-state index contributed by atoms with van der Waals surface area (Å²) in [6.07, 6.45) is 3.32. The summed E-state index contributed by atoms with van der Waals surface area (Å²) in [6, 6.07) is 16.5. The molecule has 2 aromatic heterocycles. The average Bonchev–Trinajstić information content (AvgIpc) is 3.21. The number of methoxy groups -OCH3 is 1. The first-order valence-electron chi connectivity index (χ1n) is 8.70. The highest BCUT2D eigenvalue weighted by molar-refractivity contribution is 5.89. The predicted octanol–water partition coefficient (Wildman–Crippen LogP) is 5.72. The van der Waals surface area contributed by atoms with Crippen LogP contribution in [0.2, 0.25) is 0 Å². The number of hydrogen-bond donors (Lipinski definition) is 0. The number of halogens is 1. The molecule has 0 spiro atoms. The third-order valence-electron chi connectivity index (χ3n) is 4.41. The molecule has 0 amide bonds. The zero-order valence-electron chi connectivity index (χ0n) is 15.3. The maximum Gasteiger partial charge on any atom is 0.433 e. The van der Waals surface area contributed by atoms with Crippen LogP contribution in [0, 0.1) is 15.9 Å². The summed E-state index contributed by atoms with van der Waals surface area (Å²) in [7, 11) is 1.59. The van der Waals surface area contributed by atoms with Gasteiger partial charge in [0.1, 0.15) is 22.3 Å². The predicted molar refractivity (Wildman–Crippen MR) is 108 cm³/mol. The van der Waals surface area contributed by atoms with Gasteiger partial charge in [-0.1, -0.05) is 12.1 Å². The largest absolute Gasteiger partial charge is 0.497 e. The van der Waals surface area contributed by atoms with Crippen molar-refractivity contribution in [3.63, 3.8) is 0 Å². The smallest absolute Gasteiger partial charge is 0.433 e. The Morgan fingerprint density at radius 2 is 1.86 bits per heavy atom. The molecule has 4 aromatic rings. The molecule has 7 heteroatoms. The van der Waals surface area contributed by atoms with E-state index in [1.165, 1.54) is 24.3 Å². The minimum atomic E-state index is -0.594. The van der Waals surface area contributed by atoms with Crippen molar-refractivity contribution in [2.45, 2.75) is 0 Å². The number of fused-ring (bicyclic) bond motifs is 1. The van der Waals surface area contributed by atoms with Gasteiger partial charge in [-0.2, -0.15) is 0 Å². The maximum absolute atomic E-state index is 13.7. The minimum absolute atomic E-state index is 0.332. The molecular formula is C22H15FN2O4. The van der Waals surface area contributed by atoms with Crippen LogP contribution in [0.15, 0.2) is 65.1 Å². The van der Waals surface area contributed by atoms with Crippen LogP contribution in [0.1, 0.15) is 11.5 Å². The SMILES string of the molecule is COc1ccc(-c2cc3cc(F)ccc3nc2/C=C/c2ccc([N+](=O)[O-])o2)cc1.